The summed E-state index contributed by atoms with van der Waals surface area (Å²) in [5.74, 6) is -3.55. The van der Waals surface area contributed by atoms with Crippen molar-refractivity contribution in [2.75, 3.05) is 33.2 Å². The number of likely N-dealkylation sites (tertiary alicyclic amines) is 1. The smallest absolute Gasteiger partial charge is 0.272 e. The van der Waals surface area contributed by atoms with Crippen LogP contribution in [0.1, 0.15) is 0 Å². The lowest BCUT2D eigenvalue weighted by Crippen LogP contribution is -2.55. The van der Waals surface area contributed by atoms with Gasteiger partial charge in [0.05, 0.1) is 13.1 Å². The first-order valence-electron chi connectivity index (χ1n) is 4.47. The third-order valence-corrected chi connectivity index (χ3v) is 2.23. The Morgan fingerprint density at radius 3 is 2.43 bits per heavy atom. The quantitative estimate of drug-likeness (QED) is 0.688. The van der Waals surface area contributed by atoms with Crippen LogP contribution in [-0.4, -0.2) is 50.5 Å². The van der Waals surface area contributed by atoms with Crippen LogP contribution in [0.25, 0.3) is 0 Å². The van der Waals surface area contributed by atoms with Crippen molar-refractivity contribution in [1.82, 2.24) is 10.2 Å². The van der Waals surface area contributed by atoms with Crippen LogP contribution in [0.5, 0.6) is 0 Å². The van der Waals surface area contributed by atoms with Crippen molar-refractivity contribution in [3.63, 3.8) is 0 Å². The van der Waals surface area contributed by atoms with E-state index in [-0.39, 0.29) is 13.1 Å². The van der Waals surface area contributed by atoms with E-state index in [0.29, 0.717) is 0 Å². The number of nitrogens with one attached hydrogen (secondary N) is 1. The summed E-state index contributed by atoms with van der Waals surface area (Å²) in [4.78, 5) is 1.36. The van der Waals surface area contributed by atoms with Gasteiger partial charge in [-0.2, -0.15) is 0 Å². The van der Waals surface area contributed by atoms with Crippen molar-refractivity contribution < 1.29 is 17.6 Å². The minimum Gasteiger partial charge on any atom is -0.314 e. The van der Waals surface area contributed by atoms with Gasteiger partial charge in [-0.1, -0.05) is 0 Å². The van der Waals surface area contributed by atoms with E-state index >= 15 is 0 Å². The molecule has 1 heterocycles. The molecule has 0 aromatic rings. The molecule has 0 aliphatic carbocycles. The maximum atomic E-state index is 12.9. The van der Waals surface area contributed by atoms with Crippen LogP contribution >= 0.6 is 0 Å². The molecule has 0 bridgehead atoms. The molecular formula is C8H14F4N2. The largest absolute Gasteiger partial charge is 0.314 e. The van der Waals surface area contributed by atoms with Crippen LogP contribution in [0, 0.1) is 5.92 Å². The molecule has 1 aliphatic rings. The molecule has 1 N–H and O–H groups in total. The lowest BCUT2D eigenvalue weighted by molar-refractivity contribution is -0.0859. The first-order chi connectivity index (χ1) is 6.44. The Hall–Kier alpha value is -0.360. The number of rotatable bonds is 5. The van der Waals surface area contributed by atoms with Crippen molar-refractivity contribution in [3.8, 4) is 0 Å². The molecule has 2 nitrogen and oxygen atoms in total. The predicted molar refractivity (Wildman–Crippen MR) is 44.8 cm³/mol. The highest BCUT2D eigenvalue weighted by atomic mass is 19.3. The third kappa shape index (κ3) is 3.09. The standard InChI is InChI=1S/C8H14F4N2/c1-13-4-8(11,12)5-14-2-6(3-14)7(9)10/h6-7,13H,2-5H2,1H3. The van der Waals surface area contributed by atoms with E-state index < -0.39 is 31.4 Å². The molecule has 1 fully saturated rings. The van der Waals surface area contributed by atoms with Gasteiger partial charge in [0.25, 0.3) is 5.92 Å². The minimum absolute atomic E-state index is 0.0803. The molecule has 0 unspecified atom stereocenters. The zero-order valence-electron chi connectivity index (χ0n) is 7.94. The van der Waals surface area contributed by atoms with E-state index in [0.717, 1.165) is 0 Å². The van der Waals surface area contributed by atoms with Crippen molar-refractivity contribution in [2.24, 2.45) is 5.92 Å². The van der Waals surface area contributed by atoms with Gasteiger partial charge < -0.3 is 5.32 Å². The molecule has 0 radical (unpaired) electrons. The van der Waals surface area contributed by atoms with E-state index in [1.54, 1.807) is 0 Å². The summed E-state index contributed by atoms with van der Waals surface area (Å²) in [6.07, 6.45) is -2.39. The van der Waals surface area contributed by atoms with Crippen LogP contribution in [0.3, 0.4) is 0 Å². The molecule has 0 spiro atoms. The first-order valence-corrected chi connectivity index (χ1v) is 4.47. The number of nitrogens with zero attached hydrogens (tertiary/aromatic N) is 1. The van der Waals surface area contributed by atoms with Gasteiger partial charge in [0.1, 0.15) is 0 Å². The summed E-state index contributed by atoms with van der Waals surface area (Å²) in [7, 11) is 1.44. The molecule has 0 aromatic carbocycles. The Morgan fingerprint density at radius 1 is 1.43 bits per heavy atom. The lowest BCUT2D eigenvalue weighted by Gasteiger charge is -2.40. The van der Waals surface area contributed by atoms with Gasteiger partial charge in [-0.3, -0.25) is 4.90 Å². The fourth-order valence-electron chi connectivity index (χ4n) is 1.54. The van der Waals surface area contributed by atoms with Crippen LogP contribution in [-0.2, 0) is 0 Å². The number of halogens is 4. The molecule has 0 amide bonds. The summed E-state index contributed by atoms with van der Waals surface area (Å²) < 4.78 is 49.9. The minimum atomic E-state index is -2.83. The van der Waals surface area contributed by atoms with Gasteiger partial charge in [0, 0.05) is 19.0 Å². The van der Waals surface area contributed by atoms with E-state index in [4.69, 9.17) is 0 Å². The van der Waals surface area contributed by atoms with E-state index in [2.05, 4.69) is 5.32 Å². The van der Waals surface area contributed by atoms with Crippen molar-refractivity contribution >= 4 is 0 Å². The summed E-state index contributed by atoms with van der Waals surface area (Å²) in [5.41, 5.74) is 0. The third-order valence-electron chi connectivity index (χ3n) is 2.23. The average Bonchev–Trinajstić information content (AvgIpc) is 1.95. The fourth-order valence-corrected chi connectivity index (χ4v) is 1.54. The highest BCUT2D eigenvalue weighted by Crippen LogP contribution is 2.25. The average molecular weight is 214 g/mol. The Bertz CT molecular complexity index is 180. The molecule has 1 rings (SSSR count). The second-order valence-corrected chi connectivity index (χ2v) is 3.67. The Morgan fingerprint density at radius 2 is 2.00 bits per heavy atom. The van der Waals surface area contributed by atoms with Crippen LogP contribution in [0.15, 0.2) is 0 Å². The highest BCUT2D eigenvalue weighted by Gasteiger charge is 2.39. The lowest BCUT2D eigenvalue weighted by atomic mass is 10.0. The number of hydrogen-bond acceptors (Lipinski definition) is 2. The molecule has 0 aromatic heterocycles. The summed E-state index contributed by atoms with van der Waals surface area (Å²) >= 11 is 0. The zero-order chi connectivity index (χ0) is 10.8. The number of hydrogen-bond donors (Lipinski definition) is 1. The molecule has 6 heteroatoms. The van der Waals surface area contributed by atoms with Gasteiger partial charge in [-0.25, -0.2) is 17.6 Å². The molecule has 1 aliphatic heterocycles. The van der Waals surface area contributed by atoms with E-state index in [9.17, 15) is 17.6 Å². The summed E-state index contributed by atoms with van der Waals surface area (Å²) in [5, 5.41) is 2.37. The highest BCUT2D eigenvalue weighted by molar-refractivity contribution is 4.85. The van der Waals surface area contributed by atoms with E-state index in [1.807, 2.05) is 0 Å². The monoisotopic (exact) mass is 214 g/mol. The molecule has 0 saturated carbocycles. The van der Waals surface area contributed by atoms with Crippen LogP contribution < -0.4 is 5.32 Å². The Kier molecular flexibility index (Phi) is 3.71. The predicted octanol–water partition coefficient (Wildman–Crippen LogP) is 1.04. The summed E-state index contributed by atoms with van der Waals surface area (Å²) in [6.45, 7) is -0.687. The van der Waals surface area contributed by atoms with Crippen molar-refractivity contribution in [3.05, 3.63) is 0 Å². The first kappa shape index (κ1) is 11.7. The van der Waals surface area contributed by atoms with Crippen LogP contribution in [0.4, 0.5) is 17.6 Å². The second-order valence-electron chi connectivity index (χ2n) is 3.67. The molecule has 84 valence electrons. The topological polar surface area (TPSA) is 15.3 Å². The fraction of sp³-hybridized carbons (Fsp3) is 1.00. The van der Waals surface area contributed by atoms with Gasteiger partial charge in [-0.15, -0.1) is 0 Å². The molecule has 0 atom stereocenters. The SMILES string of the molecule is CNCC(F)(F)CN1CC(C(F)F)C1. The normalized spacial score (nSPS) is 20.1. The zero-order valence-corrected chi connectivity index (χ0v) is 7.94. The van der Waals surface area contributed by atoms with E-state index in [1.165, 1.54) is 11.9 Å². The summed E-state index contributed by atoms with van der Waals surface area (Å²) in [6, 6.07) is 0. The van der Waals surface area contributed by atoms with Gasteiger partial charge in [0.2, 0.25) is 6.43 Å². The maximum absolute atomic E-state index is 12.9. The molecule has 1 saturated heterocycles. The van der Waals surface area contributed by atoms with Gasteiger partial charge in [0.15, 0.2) is 0 Å². The van der Waals surface area contributed by atoms with Gasteiger partial charge in [-0.05, 0) is 7.05 Å². The second kappa shape index (κ2) is 4.44. The molecular weight excluding hydrogens is 200 g/mol. The van der Waals surface area contributed by atoms with Gasteiger partial charge >= 0.3 is 0 Å². The molecule has 14 heavy (non-hydrogen) atoms. The Labute approximate surface area is 80.3 Å². The Balaban J connectivity index is 2.22. The van der Waals surface area contributed by atoms with Crippen LogP contribution in [0.2, 0.25) is 0 Å². The number of alkyl halides is 4. The van der Waals surface area contributed by atoms with Crippen molar-refractivity contribution in [1.29, 1.82) is 0 Å². The van der Waals surface area contributed by atoms with Crippen molar-refractivity contribution in [2.45, 2.75) is 12.3 Å². The maximum Gasteiger partial charge on any atom is 0.272 e.